The van der Waals surface area contributed by atoms with E-state index >= 15 is 0 Å². The normalized spacial score (nSPS) is 13.8. The number of imidazole rings is 1. The first kappa shape index (κ1) is 16.4. The van der Waals surface area contributed by atoms with Crippen LogP contribution in [0.1, 0.15) is 24.5 Å². The third-order valence-corrected chi connectivity index (χ3v) is 3.83. The average Bonchev–Trinajstić information content (AvgIpc) is 3.29. The third-order valence-electron chi connectivity index (χ3n) is 3.83. The van der Waals surface area contributed by atoms with Gasteiger partial charge in [0, 0.05) is 37.5 Å². The Labute approximate surface area is 139 Å². The van der Waals surface area contributed by atoms with Gasteiger partial charge in [-0.05, 0) is 12.8 Å². The summed E-state index contributed by atoms with van der Waals surface area (Å²) in [4.78, 5) is 32.0. The molecule has 1 fully saturated rings. The molecule has 8 nitrogen and oxygen atoms in total. The van der Waals surface area contributed by atoms with Gasteiger partial charge in [-0.1, -0.05) is 0 Å². The van der Waals surface area contributed by atoms with E-state index in [1.807, 2.05) is 10.8 Å². The molecule has 3 rings (SSSR count). The van der Waals surface area contributed by atoms with Crippen molar-refractivity contribution in [3.63, 3.8) is 0 Å². The van der Waals surface area contributed by atoms with E-state index in [-0.39, 0.29) is 18.0 Å². The highest BCUT2D eigenvalue weighted by Gasteiger charge is 2.25. The summed E-state index contributed by atoms with van der Waals surface area (Å²) in [7, 11) is 0. The lowest BCUT2D eigenvalue weighted by molar-refractivity contribution is -0.122. The Balaban J connectivity index is 1.33. The van der Waals surface area contributed by atoms with Crippen LogP contribution in [0, 0.1) is 0 Å². The maximum Gasteiger partial charge on any atom is 0.254 e. The van der Waals surface area contributed by atoms with E-state index < -0.39 is 0 Å². The maximum atomic E-state index is 11.9. The number of hydrogen-bond acceptors (Lipinski definition) is 5. The van der Waals surface area contributed by atoms with E-state index in [1.54, 1.807) is 12.5 Å². The number of nitrogens with one attached hydrogen (secondary N) is 1. The molecule has 0 radical (unpaired) electrons. The Morgan fingerprint density at radius 2 is 2.21 bits per heavy atom. The Kier molecular flexibility index (Phi) is 5.37. The molecule has 8 heteroatoms. The minimum Gasteiger partial charge on any atom is -0.378 e. The highest BCUT2D eigenvalue weighted by atomic mass is 16.5. The molecule has 0 aliphatic heterocycles. The van der Waals surface area contributed by atoms with Gasteiger partial charge in [0.05, 0.1) is 31.6 Å². The highest BCUT2D eigenvalue weighted by molar-refractivity contribution is 5.75. The van der Waals surface area contributed by atoms with Crippen LogP contribution in [0.2, 0.25) is 0 Å². The quantitative estimate of drug-likeness (QED) is 0.661. The van der Waals surface area contributed by atoms with Gasteiger partial charge in [0.15, 0.2) is 0 Å². The number of nitrogens with zero attached hydrogens (tertiary/aromatic N) is 4. The molecule has 2 heterocycles. The molecule has 1 N–H and O–H groups in total. The highest BCUT2D eigenvalue weighted by Crippen LogP contribution is 2.38. The van der Waals surface area contributed by atoms with E-state index in [1.165, 1.54) is 17.0 Å². The van der Waals surface area contributed by atoms with Crippen LogP contribution >= 0.6 is 0 Å². The Bertz CT molecular complexity index is 722. The summed E-state index contributed by atoms with van der Waals surface area (Å²) in [6, 6.07) is 1.53. The molecule has 1 saturated carbocycles. The Morgan fingerprint density at radius 3 is 2.92 bits per heavy atom. The first-order valence-electron chi connectivity index (χ1n) is 8.09. The van der Waals surface area contributed by atoms with Crippen molar-refractivity contribution in [1.29, 1.82) is 0 Å². The van der Waals surface area contributed by atoms with Crippen LogP contribution < -0.4 is 10.9 Å². The van der Waals surface area contributed by atoms with Gasteiger partial charge >= 0.3 is 0 Å². The molecule has 0 atom stereocenters. The SMILES string of the molecule is O=C(Cn1cnc(C2CC2)cc1=O)NCCOCCn1ccnc1. The zero-order chi connectivity index (χ0) is 16.8. The molecule has 2 aromatic heterocycles. The summed E-state index contributed by atoms with van der Waals surface area (Å²) < 4.78 is 8.68. The van der Waals surface area contributed by atoms with E-state index in [2.05, 4.69) is 15.3 Å². The average molecular weight is 331 g/mol. The molecule has 128 valence electrons. The van der Waals surface area contributed by atoms with Gasteiger partial charge in [-0.15, -0.1) is 0 Å². The molecule has 0 saturated heterocycles. The van der Waals surface area contributed by atoms with Gasteiger partial charge in [-0.2, -0.15) is 0 Å². The number of carbonyl (C=O) groups is 1. The standard InChI is InChI=1S/C16H21N5O3/c22-15(18-4-7-24-8-6-20-5-3-17-11-20)10-21-12-19-14(9-16(21)23)13-1-2-13/h3,5,9,11-13H,1-2,4,6-8,10H2,(H,18,22). The van der Waals surface area contributed by atoms with Crippen LogP contribution in [0.4, 0.5) is 0 Å². The van der Waals surface area contributed by atoms with E-state index in [4.69, 9.17) is 4.74 Å². The summed E-state index contributed by atoms with van der Waals surface area (Å²) in [5.74, 6) is 0.205. The molecule has 0 spiro atoms. The lowest BCUT2D eigenvalue weighted by Crippen LogP contribution is -2.34. The number of hydrogen-bond donors (Lipinski definition) is 1. The fourth-order valence-electron chi connectivity index (χ4n) is 2.33. The predicted molar refractivity (Wildman–Crippen MR) is 86.5 cm³/mol. The molecule has 0 bridgehead atoms. The molecule has 0 aromatic carbocycles. The van der Waals surface area contributed by atoms with Crippen molar-refractivity contribution in [2.45, 2.75) is 31.8 Å². The number of rotatable bonds is 9. The smallest absolute Gasteiger partial charge is 0.254 e. The molecular weight excluding hydrogens is 310 g/mol. The van der Waals surface area contributed by atoms with E-state index in [0.29, 0.717) is 25.7 Å². The minimum absolute atomic E-state index is 0.0220. The zero-order valence-electron chi connectivity index (χ0n) is 13.4. The van der Waals surface area contributed by atoms with Crippen LogP contribution in [0.3, 0.4) is 0 Å². The molecule has 2 aromatic rings. The molecule has 24 heavy (non-hydrogen) atoms. The Hall–Kier alpha value is -2.48. The molecule has 0 unspecified atom stereocenters. The van der Waals surface area contributed by atoms with E-state index in [9.17, 15) is 9.59 Å². The largest absolute Gasteiger partial charge is 0.378 e. The van der Waals surface area contributed by atoms with Crippen molar-refractivity contribution in [2.75, 3.05) is 19.8 Å². The van der Waals surface area contributed by atoms with Crippen LogP contribution in [-0.4, -0.2) is 44.8 Å². The number of aromatic nitrogens is 4. The third kappa shape index (κ3) is 4.76. The molecule has 1 aliphatic rings. The first-order chi connectivity index (χ1) is 11.7. The van der Waals surface area contributed by atoms with Crippen LogP contribution in [0.15, 0.2) is 35.9 Å². The fraction of sp³-hybridized carbons (Fsp3) is 0.500. The first-order valence-corrected chi connectivity index (χ1v) is 8.09. The fourth-order valence-corrected chi connectivity index (χ4v) is 2.33. The van der Waals surface area contributed by atoms with Crippen molar-refractivity contribution in [3.8, 4) is 0 Å². The summed E-state index contributed by atoms with van der Waals surface area (Å²) in [6.07, 6.45) is 8.96. The van der Waals surface area contributed by atoms with Crippen molar-refractivity contribution in [1.82, 2.24) is 24.4 Å². The second kappa shape index (κ2) is 7.87. The molecule has 1 aliphatic carbocycles. The van der Waals surface area contributed by atoms with Crippen molar-refractivity contribution in [3.05, 3.63) is 47.2 Å². The number of carbonyl (C=O) groups excluding carboxylic acids is 1. The van der Waals surface area contributed by atoms with Gasteiger partial charge in [-0.25, -0.2) is 9.97 Å². The van der Waals surface area contributed by atoms with Crippen molar-refractivity contribution < 1.29 is 9.53 Å². The molecular formula is C16H21N5O3. The number of ether oxygens (including phenoxy) is 1. The second-order valence-corrected chi connectivity index (χ2v) is 5.82. The van der Waals surface area contributed by atoms with Gasteiger partial charge in [0.2, 0.25) is 5.91 Å². The summed E-state index contributed by atoms with van der Waals surface area (Å²) in [5, 5.41) is 2.73. The van der Waals surface area contributed by atoms with Crippen LogP contribution in [0.25, 0.3) is 0 Å². The van der Waals surface area contributed by atoms with Gasteiger partial charge < -0.3 is 14.6 Å². The summed E-state index contributed by atoms with van der Waals surface area (Å²) in [6.45, 7) is 2.09. The zero-order valence-corrected chi connectivity index (χ0v) is 13.4. The van der Waals surface area contributed by atoms with E-state index in [0.717, 1.165) is 25.1 Å². The summed E-state index contributed by atoms with van der Waals surface area (Å²) in [5.41, 5.74) is 0.654. The van der Waals surface area contributed by atoms with Crippen molar-refractivity contribution in [2.24, 2.45) is 0 Å². The minimum atomic E-state index is -0.226. The lowest BCUT2D eigenvalue weighted by Gasteiger charge is -2.08. The van der Waals surface area contributed by atoms with Gasteiger partial charge in [0.1, 0.15) is 6.54 Å². The topological polar surface area (TPSA) is 91.0 Å². The Morgan fingerprint density at radius 1 is 1.33 bits per heavy atom. The summed E-state index contributed by atoms with van der Waals surface area (Å²) >= 11 is 0. The monoisotopic (exact) mass is 331 g/mol. The second-order valence-electron chi connectivity index (χ2n) is 5.82. The lowest BCUT2D eigenvalue weighted by atomic mass is 10.3. The van der Waals surface area contributed by atoms with Gasteiger partial charge in [0.25, 0.3) is 5.56 Å². The van der Waals surface area contributed by atoms with Crippen LogP contribution in [0.5, 0.6) is 0 Å². The number of amides is 1. The van der Waals surface area contributed by atoms with Crippen molar-refractivity contribution >= 4 is 5.91 Å². The van der Waals surface area contributed by atoms with Crippen LogP contribution in [-0.2, 0) is 22.6 Å². The maximum absolute atomic E-state index is 11.9. The molecule has 1 amide bonds. The van der Waals surface area contributed by atoms with Gasteiger partial charge in [-0.3, -0.25) is 14.2 Å². The predicted octanol–water partition coefficient (Wildman–Crippen LogP) is 0.150.